The molecular formula is C25H17ClINO5S. The second kappa shape index (κ2) is 10.6. The number of carbonyl (C=O) groups is 3. The topological polar surface area (TPSA) is 72.9 Å². The molecule has 0 radical (unpaired) electrons. The maximum absolute atomic E-state index is 12.9. The maximum atomic E-state index is 12.9. The SMILES string of the molecule is COc1ccc(/C=C2\SC(=O)N(Cc3ccc(I)cc3)C2=O)cc1OC(=O)c1ccccc1Cl. The van der Waals surface area contributed by atoms with Gasteiger partial charge in [-0.3, -0.25) is 14.5 Å². The lowest BCUT2D eigenvalue weighted by atomic mass is 10.1. The predicted octanol–water partition coefficient (Wildman–Crippen LogP) is 6.41. The van der Waals surface area contributed by atoms with Gasteiger partial charge < -0.3 is 9.47 Å². The Balaban J connectivity index is 1.56. The highest BCUT2D eigenvalue weighted by atomic mass is 127. The quantitative estimate of drug-likeness (QED) is 0.140. The molecule has 1 aliphatic heterocycles. The Kier molecular flexibility index (Phi) is 7.60. The summed E-state index contributed by atoms with van der Waals surface area (Å²) < 4.78 is 11.9. The highest BCUT2D eigenvalue weighted by Crippen LogP contribution is 2.35. The molecule has 1 fully saturated rings. The van der Waals surface area contributed by atoms with Crippen molar-refractivity contribution in [3.63, 3.8) is 0 Å². The number of esters is 1. The van der Waals surface area contributed by atoms with Crippen molar-refractivity contribution in [1.82, 2.24) is 4.90 Å². The largest absolute Gasteiger partial charge is 0.493 e. The number of rotatable bonds is 6. The van der Waals surface area contributed by atoms with Gasteiger partial charge in [-0.05, 0) is 88.0 Å². The van der Waals surface area contributed by atoms with E-state index in [1.54, 1.807) is 48.5 Å². The van der Waals surface area contributed by atoms with Gasteiger partial charge in [0.15, 0.2) is 11.5 Å². The van der Waals surface area contributed by atoms with Crippen LogP contribution >= 0.6 is 46.0 Å². The third-order valence-electron chi connectivity index (χ3n) is 4.91. The van der Waals surface area contributed by atoms with E-state index in [2.05, 4.69) is 22.6 Å². The van der Waals surface area contributed by atoms with Gasteiger partial charge >= 0.3 is 5.97 Å². The third kappa shape index (κ3) is 5.45. The number of ether oxygens (including phenoxy) is 2. The first-order valence-electron chi connectivity index (χ1n) is 10.0. The number of methoxy groups -OCH3 is 1. The molecule has 1 aliphatic rings. The van der Waals surface area contributed by atoms with E-state index in [1.807, 2.05) is 24.3 Å². The molecule has 9 heteroatoms. The lowest BCUT2D eigenvalue weighted by Gasteiger charge is -2.12. The summed E-state index contributed by atoms with van der Waals surface area (Å²) in [7, 11) is 1.46. The van der Waals surface area contributed by atoms with Crippen molar-refractivity contribution in [3.8, 4) is 11.5 Å². The summed E-state index contributed by atoms with van der Waals surface area (Å²) in [5, 5.41) is -0.0712. The van der Waals surface area contributed by atoms with Crippen molar-refractivity contribution >= 4 is 69.1 Å². The number of benzene rings is 3. The second-order valence-corrected chi connectivity index (χ2v) is 9.82. The highest BCUT2D eigenvalue weighted by molar-refractivity contribution is 14.1. The number of halogens is 2. The summed E-state index contributed by atoms with van der Waals surface area (Å²) in [6.45, 7) is 0.197. The lowest BCUT2D eigenvalue weighted by Crippen LogP contribution is -2.27. The Bertz CT molecular complexity index is 1310. The van der Waals surface area contributed by atoms with Crippen molar-refractivity contribution in [2.45, 2.75) is 6.54 Å². The minimum Gasteiger partial charge on any atom is -0.493 e. The van der Waals surface area contributed by atoms with Crippen LogP contribution in [-0.4, -0.2) is 29.1 Å². The third-order valence-corrected chi connectivity index (χ3v) is 6.87. The first-order valence-corrected chi connectivity index (χ1v) is 12.3. The van der Waals surface area contributed by atoms with Crippen LogP contribution in [-0.2, 0) is 11.3 Å². The van der Waals surface area contributed by atoms with Crippen LogP contribution < -0.4 is 9.47 Å². The average molecular weight is 606 g/mol. The Morgan fingerprint density at radius 3 is 2.50 bits per heavy atom. The van der Waals surface area contributed by atoms with Gasteiger partial charge in [-0.2, -0.15) is 0 Å². The Morgan fingerprint density at radius 1 is 1.06 bits per heavy atom. The van der Waals surface area contributed by atoms with Gasteiger partial charge in [0.1, 0.15) is 0 Å². The summed E-state index contributed by atoms with van der Waals surface area (Å²) in [4.78, 5) is 39.5. The number of nitrogens with zero attached hydrogens (tertiary/aromatic N) is 1. The predicted molar refractivity (Wildman–Crippen MR) is 140 cm³/mol. The van der Waals surface area contributed by atoms with Crippen LogP contribution in [0.2, 0.25) is 5.02 Å². The van der Waals surface area contributed by atoms with E-state index in [0.29, 0.717) is 11.3 Å². The van der Waals surface area contributed by atoms with E-state index in [0.717, 1.165) is 20.9 Å². The number of thioether (sulfide) groups is 1. The molecule has 0 atom stereocenters. The number of hydrogen-bond acceptors (Lipinski definition) is 6. The number of carbonyl (C=O) groups excluding carboxylic acids is 3. The van der Waals surface area contributed by atoms with Crippen LogP contribution in [0.15, 0.2) is 71.6 Å². The molecular weight excluding hydrogens is 589 g/mol. The number of amides is 2. The molecule has 4 rings (SSSR count). The van der Waals surface area contributed by atoms with E-state index in [9.17, 15) is 14.4 Å². The Hall–Kier alpha value is -2.82. The van der Waals surface area contributed by atoms with Gasteiger partial charge in [-0.1, -0.05) is 41.9 Å². The fourth-order valence-electron chi connectivity index (χ4n) is 3.20. The molecule has 0 aliphatic carbocycles. The Morgan fingerprint density at radius 2 is 1.79 bits per heavy atom. The second-order valence-electron chi connectivity index (χ2n) is 7.17. The van der Waals surface area contributed by atoms with Crippen LogP contribution in [0, 0.1) is 3.57 Å². The van der Waals surface area contributed by atoms with Crippen molar-refractivity contribution in [3.05, 3.63) is 96.9 Å². The number of imide groups is 1. The van der Waals surface area contributed by atoms with Crippen molar-refractivity contribution in [2.75, 3.05) is 7.11 Å². The maximum Gasteiger partial charge on any atom is 0.345 e. The van der Waals surface area contributed by atoms with Crippen molar-refractivity contribution in [2.24, 2.45) is 0 Å². The molecule has 0 saturated carbocycles. The van der Waals surface area contributed by atoms with Crippen LogP contribution in [0.4, 0.5) is 4.79 Å². The van der Waals surface area contributed by atoms with Crippen molar-refractivity contribution in [1.29, 1.82) is 0 Å². The summed E-state index contributed by atoms with van der Waals surface area (Å²) in [5.74, 6) is -0.512. The zero-order valence-electron chi connectivity index (χ0n) is 17.8. The highest BCUT2D eigenvalue weighted by Gasteiger charge is 2.35. The average Bonchev–Trinajstić information content (AvgIpc) is 3.08. The molecule has 0 unspecified atom stereocenters. The zero-order valence-corrected chi connectivity index (χ0v) is 21.5. The monoisotopic (exact) mass is 605 g/mol. The molecule has 1 heterocycles. The number of hydrogen-bond donors (Lipinski definition) is 0. The van der Waals surface area contributed by atoms with E-state index >= 15 is 0 Å². The summed E-state index contributed by atoms with van der Waals surface area (Å²) in [6, 6.07) is 19.1. The Labute approximate surface area is 219 Å². The summed E-state index contributed by atoms with van der Waals surface area (Å²) in [5.41, 5.74) is 1.65. The van der Waals surface area contributed by atoms with E-state index in [4.69, 9.17) is 21.1 Å². The molecule has 0 spiro atoms. The standard InChI is InChI=1S/C25H17ClINO5S/c1-32-20-11-8-16(12-21(20)33-24(30)18-4-2-3-5-19(18)26)13-22-23(29)28(25(31)34-22)14-15-6-9-17(27)10-7-15/h2-13H,14H2,1H3/b22-13-. The molecule has 172 valence electrons. The van der Waals surface area contributed by atoms with Crippen molar-refractivity contribution < 1.29 is 23.9 Å². The minimum atomic E-state index is -0.640. The molecule has 2 amide bonds. The van der Waals surface area contributed by atoms with Crippen LogP contribution in [0.3, 0.4) is 0 Å². The fourth-order valence-corrected chi connectivity index (χ4v) is 4.62. The normalized spacial score (nSPS) is 14.6. The molecule has 3 aromatic rings. The van der Waals surface area contributed by atoms with Crippen LogP contribution in [0.1, 0.15) is 21.5 Å². The van der Waals surface area contributed by atoms with Gasteiger partial charge in [-0.15, -0.1) is 0 Å². The smallest absolute Gasteiger partial charge is 0.345 e. The van der Waals surface area contributed by atoms with E-state index < -0.39 is 5.97 Å². The van der Waals surface area contributed by atoms with Gasteiger partial charge in [0.05, 0.1) is 29.1 Å². The molecule has 6 nitrogen and oxygen atoms in total. The van der Waals surface area contributed by atoms with E-state index in [1.165, 1.54) is 12.0 Å². The van der Waals surface area contributed by atoms with Gasteiger partial charge in [0.2, 0.25) is 0 Å². The van der Waals surface area contributed by atoms with Gasteiger partial charge in [-0.25, -0.2) is 4.79 Å². The summed E-state index contributed by atoms with van der Waals surface area (Å²) in [6.07, 6.45) is 1.59. The molecule has 0 aromatic heterocycles. The first kappa shape index (κ1) is 24.3. The van der Waals surface area contributed by atoms with Crippen LogP contribution in [0.5, 0.6) is 11.5 Å². The molecule has 0 N–H and O–H groups in total. The zero-order chi connectivity index (χ0) is 24.2. The molecule has 34 heavy (non-hydrogen) atoms. The molecule has 3 aromatic carbocycles. The van der Waals surface area contributed by atoms with Crippen LogP contribution in [0.25, 0.3) is 6.08 Å². The van der Waals surface area contributed by atoms with E-state index in [-0.39, 0.29) is 38.9 Å². The first-order chi connectivity index (χ1) is 16.4. The molecule has 1 saturated heterocycles. The fraction of sp³-hybridized carbons (Fsp3) is 0.0800. The minimum absolute atomic E-state index is 0.166. The lowest BCUT2D eigenvalue weighted by molar-refractivity contribution is -0.123. The van der Waals surface area contributed by atoms with Gasteiger partial charge in [0, 0.05) is 3.57 Å². The summed E-state index contributed by atoms with van der Waals surface area (Å²) >= 11 is 9.16. The molecule has 0 bridgehead atoms. The van der Waals surface area contributed by atoms with Gasteiger partial charge in [0.25, 0.3) is 11.1 Å².